The molecule has 6 nitrogen and oxygen atoms in total. The molecule has 1 aromatic heterocycles. The van der Waals surface area contributed by atoms with Crippen molar-refractivity contribution in [1.29, 1.82) is 0 Å². The standard InChI is InChI=1S/C11H17N3O3S2.ClH/c12-19(16,17)11-4-3-9(18-11)7-14-10(15)6-8-2-1-5-13-8;/h3-4,8,13H,1-2,5-7H2,(H,14,15)(H2,12,16,17);1H. The van der Waals surface area contributed by atoms with Crippen molar-refractivity contribution in [2.45, 2.75) is 36.1 Å². The second kappa shape index (κ2) is 7.37. The molecule has 2 heterocycles. The molecular weight excluding hydrogens is 322 g/mol. The van der Waals surface area contributed by atoms with Crippen LogP contribution < -0.4 is 15.8 Å². The molecule has 1 aromatic rings. The van der Waals surface area contributed by atoms with Gasteiger partial charge < -0.3 is 10.6 Å². The van der Waals surface area contributed by atoms with Crippen LogP contribution in [0.25, 0.3) is 0 Å². The van der Waals surface area contributed by atoms with Crippen molar-refractivity contribution in [2.24, 2.45) is 5.14 Å². The first kappa shape index (κ1) is 17.4. The SMILES string of the molecule is Cl.NS(=O)(=O)c1ccc(CNC(=O)CC2CCCN2)s1. The average molecular weight is 340 g/mol. The largest absolute Gasteiger partial charge is 0.351 e. The van der Waals surface area contributed by atoms with Gasteiger partial charge in [-0.1, -0.05) is 0 Å². The number of rotatable bonds is 5. The van der Waals surface area contributed by atoms with Crippen LogP contribution in [0.15, 0.2) is 16.3 Å². The molecule has 1 aliphatic heterocycles. The Morgan fingerprint density at radius 3 is 2.80 bits per heavy atom. The Labute approximate surface area is 128 Å². The van der Waals surface area contributed by atoms with Crippen molar-refractivity contribution < 1.29 is 13.2 Å². The molecule has 114 valence electrons. The number of thiophene rings is 1. The number of carbonyl (C=O) groups is 1. The fourth-order valence-corrected chi connectivity index (χ4v) is 3.74. The van der Waals surface area contributed by atoms with Gasteiger partial charge in [-0.05, 0) is 31.5 Å². The summed E-state index contributed by atoms with van der Waals surface area (Å²) >= 11 is 1.08. The Morgan fingerprint density at radius 1 is 1.50 bits per heavy atom. The second-order valence-corrected chi connectivity index (χ2v) is 7.50. The minimum absolute atomic E-state index is 0. The van der Waals surface area contributed by atoms with E-state index in [1.807, 2.05) is 0 Å². The van der Waals surface area contributed by atoms with E-state index in [2.05, 4.69) is 10.6 Å². The lowest BCUT2D eigenvalue weighted by Crippen LogP contribution is -2.31. The molecule has 1 amide bonds. The molecule has 0 radical (unpaired) electrons. The maximum Gasteiger partial charge on any atom is 0.247 e. The maximum atomic E-state index is 11.7. The number of nitrogens with one attached hydrogen (secondary N) is 2. The number of hydrogen-bond donors (Lipinski definition) is 3. The lowest BCUT2D eigenvalue weighted by molar-refractivity contribution is -0.121. The van der Waals surface area contributed by atoms with Crippen molar-refractivity contribution in [2.75, 3.05) is 6.54 Å². The zero-order valence-electron chi connectivity index (χ0n) is 10.8. The first-order valence-corrected chi connectivity index (χ1v) is 8.43. The van der Waals surface area contributed by atoms with Crippen molar-refractivity contribution in [3.05, 3.63) is 17.0 Å². The van der Waals surface area contributed by atoms with E-state index in [4.69, 9.17) is 5.14 Å². The summed E-state index contributed by atoms with van der Waals surface area (Å²) in [5.41, 5.74) is 0. The predicted molar refractivity (Wildman–Crippen MR) is 80.4 cm³/mol. The Balaban J connectivity index is 0.00000200. The third-order valence-corrected chi connectivity index (χ3v) is 5.50. The number of carbonyl (C=O) groups excluding carboxylic acids is 1. The van der Waals surface area contributed by atoms with Crippen LogP contribution in [-0.2, 0) is 21.4 Å². The van der Waals surface area contributed by atoms with Crippen molar-refractivity contribution in [3.63, 3.8) is 0 Å². The van der Waals surface area contributed by atoms with Crippen molar-refractivity contribution in [3.8, 4) is 0 Å². The summed E-state index contributed by atoms with van der Waals surface area (Å²) in [7, 11) is -3.64. The number of primary sulfonamides is 1. The lowest BCUT2D eigenvalue weighted by atomic mass is 10.1. The number of sulfonamides is 1. The first-order chi connectivity index (χ1) is 8.95. The first-order valence-electron chi connectivity index (χ1n) is 6.07. The molecule has 1 fully saturated rings. The van der Waals surface area contributed by atoms with Gasteiger partial charge in [0.15, 0.2) is 0 Å². The van der Waals surface area contributed by atoms with Gasteiger partial charge in [0.25, 0.3) is 0 Å². The molecule has 0 aliphatic carbocycles. The second-order valence-electron chi connectivity index (χ2n) is 4.54. The molecule has 1 atom stereocenters. The number of nitrogens with two attached hydrogens (primary N) is 1. The summed E-state index contributed by atoms with van der Waals surface area (Å²) in [5, 5.41) is 11.1. The van der Waals surface area contributed by atoms with Gasteiger partial charge in [0.1, 0.15) is 4.21 Å². The molecule has 20 heavy (non-hydrogen) atoms. The third-order valence-electron chi connectivity index (χ3n) is 2.97. The summed E-state index contributed by atoms with van der Waals surface area (Å²) in [4.78, 5) is 12.5. The smallest absolute Gasteiger partial charge is 0.247 e. The Kier molecular flexibility index (Phi) is 6.41. The van der Waals surface area contributed by atoms with Crippen LogP contribution in [0.5, 0.6) is 0 Å². The summed E-state index contributed by atoms with van der Waals surface area (Å²) in [5.74, 6) is -0.0232. The van der Waals surface area contributed by atoms with E-state index < -0.39 is 10.0 Å². The molecule has 1 saturated heterocycles. The van der Waals surface area contributed by atoms with E-state index in [-0.39, 0.29) is 28.6 Å². The van der Waals surface area contributed by atoms with Gasteiger partial charge in [-0.15, -0.1) is 23.7 Å². The zero-order valence-corrected chi connectivity index (χ0v) is 13.2. The van der Waals surface area contributed by atoms with Gasteiger partial charge in [0.05, 0.1) is 6.54 Å². The molecule has 9 heteroatoms. The van der Waals surface area contributed by atoms with E-state index in [1.54, 1.807) is 6.07 Å². The highest BCUT2D eigenvalue weighted by Crippen LogP contribution is 2.20. The molecule has 0 saturated carbocycles. The Bertz CT molecular complexity index is 553. The molecule has 1 aliphatic rings. The highest BCUT2D eigenvalue weighted by molar-refractivity contribution is 7.91. The summed E-state index contributed by atoms with van der Waals surface area (Å²) < 4.78 is 22.3. The average Bonchev–Trinajstić information content (AvgIpc) is 2.95. The predicted octanol–water partition coefficient (Wildman–Crippen LogP) is 0.576. The van der Waals surface area contributed by atoms with Crippen molar-refractivity contribution >= 4 is 39.7 Å². The minimum atomic E-state index is -3.64. The fraction of sp³-hybridized carbons (Fsp3) is 0.545. The van der Waals surface area contributed by atoms with Crippen LogP contribution in [0.2, 0.25) is 0 Å². The molecule has 2 rings (SSSR count). The molecule has 0 aromatic carbocycles. The van der Waals surface area contributed by atoms with Crippen LogP contribution in [-0.4, -0.2) is 26.9 Å². The quantitative estimate of drug-likeness (QED) is 0.730. The van der Waals surface area contributed by atoms with Crippen LogP contribution in [0.4, 0.5) is 0 Å². The summed E-state index contributed by atoms with van der Waals surface area (Å²) in [6.45, 7) is 1.31. The lowest BCUT2D eigenvalue weighted by Gasteiger charge is -2.09. The number of amides is 1. The maximum absolute atomic E-state index is 11.7. The highest BCUT2D eigenvalue weighted by Gasteiger charge is 2.17. The van der Waals surface area contributed by atoms with Gasteiger partial charge in [0.2, 0.25) is 15.9 Å². The molecular formula is C11H18ClN3O3S2. The monoisotopic (exact) mass is 339 g/mol. The van der Waals surface area contributed by atoms with E-state index in [0.29, 0.717) is 13.0 Å². The zero-order chi connectivity index (χ0) is 13.9. The number of halogens is 1. The third kappa shape index (κ3) is 5.02. The van der Waals surface area contributed by atoms with E-state index in [1.165, 1.54) is 6.07 Å². The molecule has 1 unspecified atom stereocenters. The van der Waals surface area contributed by atoms with E-state index in [0.717, 1.165) is 35.6 Å². The molecule has 4 N–H and O–H groups in total. The van der Waals surface area contributed by atoms with Crippen LogP contribution >= 0.6 is 23.7 Å². The summed E-state index contributed by atoms with van der Waals surface area (Å²) in [6.07, 6.45) is 2.61. The Morgan fingerprint density at radius 2 is 2.25 bits per heavy atom. The van der Waals surface area contributed by atoms with Crippen LogP contribution in [0.3, 0.4) is 0 Å². The molecule has 0 spiro atoms. The highest BCUT2D eigenvalue weighted by atomic mass is 35.5. The van der Waals surface area contributed by atoms with Crippen molar-refractivity contribution in [1.82, 2.24) is 10.6 Å². The normalized spacial score (nSPS) is 18.6. The van der Waals surface area contributed by atoms with Gasteiger partial charge in [-0.3, -0.25) is 4.79 Å². The van der Waals surface area contributed by atoms with Crippen LogP contribution in [0.1, 0.15) is 24.1 Å². The van der Waals surface area contributed by atoms with Gasteiger partial charge >= 0.3 is 0 Å². The summed E-state index contributed by atoms with van der Waals surface area (Å²) in [6, 6.07) is 3.39. The fourth-order valence-electron chi connectivity index (χ4n) is 2.02. The van der Waals surface area contributed by atoms with E-state index in [9.17, 15) is 13.2 Å². The van der Waals surface area contributed by atoms with Crippen LogP contribution in [0, 0.1) is 0 Å². The van der Waals surface area contributed by atoms with Gasteiger partial charge in [-0.2, -0.15) is 0 Å². The van der Waals surface area contributed by atoms with Gasteiger partial charge in [0, 0.05) is 17.3 Å². The molecule has 0 bridgehead atoms. The topological polar surface area (TPSA) is 101 Å². The Hall–Kier alpha value is -0.670. The van der Waals surface area contributed by atoms with Gasteiger partial charge in [-0.25, -0.2) is 13.6 Å². The number of hydrogen-bond acceptors (Lipinski definition) is 5. The van der Waals surface area contributed by atoms with E-state index >= 15 is 0 Å². The minimum Gasteiger partial charge on any atom is -0.351 e.